The minimum absolute atomic E-state index is 0.259. The normalized spacial score (nSPS) is 42.5. The van der Waals surface area contributed by atoms with E-state index in [9.17, 15) is 15.3 Å². The standard InChI is InChI=1S/C11H20N2O4/c1-5(14)6-4-7-8(10(16)9(6)15)12-11(17-7)13(2)3/h5-10,14-16H,4H2,1-3H3/t5-,6-,7+,8+,9-,10-/m1/s1. The van der Waals surface area contributed by atoms with E-state index in [1.165, 1.54) is 0 Å². The third kappa shape index (κ3) is 2.12. The van der Waals surface area contributed by atoms with Gasteiger partial charge in [-0.05, 0) is 13.3 Å². The predicted molar refractivity (Wildman–Crippen MR) is 61.6 cm³/mol. The zero-order valence-corrected chi connectivity index (χ0v) is 10.3. The molecular weight excluding hydrogens is 224 g/mol. The Bertz CT molecular complexity index is 319. The van der Waals surface area contributed by atoms with Crippen LogP contribution in [0.3, 0.4) is 0 Å². The first-order valence-electron chi connectivity index (χ1n) is 5.87. The summed E-state index contributed by atoms with van der Waals surface area (Å²) in [6.45, 7) is 1.61. The van der Waals surface area contributed by atoms with Crippen LogP contribution < -0.4 is 0 Å². The number of aliphatic hydroxyl groups excluding tert-OH is 3. The number of fused-ring (bicyclic) bond motifs is 1. The Balaban J connectivity index is 2.15. The smallest absolute Gasteiger partial charge is 0.287 e. The first-order chi connectivity index (χ1) is 7.91. The lowest BCUT2D eigenvalue weighted by molar-refractivity contribution is -0.111. The molecule has 0 aromatic heterocycles. The predicted octanol–water partition coefficient (Wildman–Crippen LogP) is -1.21. The second kappa shape index (κ2) is 4.44. The molecule has 0 radical (unpaired) electrons. The Morgan fingerprint density at radius 1 is 1.35 bits per heavy atom. The molecule has 2 rings (SSSR count). The SMILES string of the molecule is C[C@@H](O)[C@H]1C[C@@H]2OC(N(C)C)=N[C@@H]2[C@@H](O)[C@@H]1O. The lowest BCUT2D eigenvalue weighted by Crippen LogP contribution is -2.54. The van der Waals surface area contributed by atoms with Crippen molar-refractivity contribution in [2.45, 2.75) is 43.8 Å². The topological polar surface area (TPSA) is 85.5 Å². The van der Waals surface area contributed by atoms with Crippen LogP contribution in [0.15, 0.2) is 4.99 Å². The van der Waals surface area contributed by atoms with Gasteiger partial charge in [-0.25, -0.2) is 4.99 Å². The molecule has 0 aromatic carbocycles. The monoisotopic (exact) mass is 244 g/mol. The van der Waals surface area contributed by atoms with E-state index in [0.717, 1.165) is 0 Å². The molecule has 1 saturated carbocycles. The van der Waals surface area contributed by atoms with Crippen molar-refractivity contribution in [3.05, 3.63) is 0 Å². The van der Waals surface area contributed by atoms with Crippen molar-refractivity contribution in [1.82, 2.24) is 4.90 Å². The fourth-order valence-electron chi connectivity index (χ4n) is 2.50. The fourth-order valence-corrected chi connectivity index (χ4v) is 2.50. The van der Waals surface area contributed by atoms with Gasteiger partial charge in [0, 0.05) is 20.0 Å². The van der Waals surface area contributed by atoms with Gasteiger partial charge in [0.1, 0.15) is 18.2 Å². The molecule has 1 aliphatic heterocycles. The molecule has 0 saturated heterocycles. The van der Waals surface area contributed by atoms with E-state index in [4.69, 9.17) is 4.74 Å². The van der Waals surface area contributed by atoms with Crippen LogP contribution in [-0.2, 0) is 4.74 Å². The molecule has 6 heteroatoms. The number of amidine groups is 1. The van der Waals surface area contributed by atoms with Crippen LogP contribution in [0.4, 0.5) is 0 Å². The van der Waals surface area contributed by atoms with Crippen molar-refractivity contribution in [1.29, 1.82) is 0 Å². The molecule has 98 valence electrons. The van der Waals surface area contributed by atoms with Gasteiger partial charge < -0.3 is 25.0 Å². The Morgan fingerprint density at radius 3 is 2.53 bits per heavy atom. The van der Waals surface area contributed by atoms with Crippen LogP contribution >= 0.6 is 0 Å². The Hall–Kier alpha value is -0.850. The third-order valence-electron chi connectivity index (χ3n) is 3.54. The number of hydrogen-bond donors (Lipinski definition) is 3. The Morgan fingerprint density at radius 2 is 2.00 bits per heavy atom. The molecule has 0 spiro atoms. The summed E-state index contributed by atoms with van der Waals surface area (Å²) < 4.78 is 5.62. The first-order valence-corrected chi connectivity index (χ1v) is 5.87. The average Bonchev–Trinajstić information content (AvgIpc) is 2.67. The lowest BCUT2D eigenvalue weighted by atomic mass is 9.77. The largest absolute Gasteiger partial charge is 0.459 e. The van der Waals surface area contributed by atoms with Crippen molar-refractivity contribution in [2.75, 3.05) is 14.1 Å². The summed E-state index contributed by atoms with van der Waals surface area (Å²) >= 11 is 0. The zero-order valence-electron chi connectivity index (χ0n) is 10.3. The maximum atomic E-state index is 10.0. The van der Waals surface area contributed by atoms with Crippen molar-refractivity contribution >= 4 is 6.02 Å². The molecule has 0 aromatic rings. The first kappa shape index (κ1) is 12.6. The highest BCUT2D eigenvalue weighted by molar-refractivity contribution is 5.75. The van der Waals surface area contributed by atoms with Gasteiger partial charge in [-0.3, -0.25) is 0 Å². The summed E-state index contributed by atoms with van der Waals surface area (Å²) in [5.41, 5.74) is 0. The van der Waals surface area contributed by atoms with Gasteiger partial charge >= 0.3 is 0 Å². The number of aliphatic hydroxyl groups is 3. The zero-order chi connectivity index (χ0) is 12.7. The molecule has 0 bridgehead atoms. The van der Waals surface area contributed by atoms with Crippen LogP contribution in [0.25, 0.3) is 0 Å². The Labute approximate surface area is 101 Å². The fraction of sp³-hybridized carbons (Fsp3) is 0.909. The number of aliphatic imine (C=N–C) groups is 1. The molecule has 1 aliphatic carbocycles. The van der Waals surface area contributed by atoms with Gasteiger partial charge in [-0.1, -0.05) is 0 Å². The molecule has 3 N–H and O–H groups in total. The lowest BCUT2D eigenvalue weighted by Gasteiger charge is -2.38. The molecule has 1 fully saturated rings. The third-order valence-corrected chi connectivity index (χ3v) is 3.54. The van der Waals surface area contributed by atoms with E-state index in [1.54, 1.807) is 11.8 Å². The average molecular weight is 244 g/mol. The van der Waals surface area contributed by atoms with Crippen molar-refractivity contribution in [3.8, 4) is 0 Å². The van der Waals surface area contributed by atoms with Crippen molar-refractivity contribution < 1.29 is 20.1 Å². The van der Waals surface area contributed by atoms with Crippen LogP contribution in [0.1, 0.15) is 13.3 Å². The molecule has 2 aliphatic rings. The second-order valence-electron chi connectivity index (χ2n) is 5.07. The quantitative estimate of drug-likeness (QED) is 0.539. The van der Waals surface area contributed by atoms with Gasteiger partial charge in [-0.2, -0.15) is 0 Å². The molecule has 17 heavy (non-hydrogen) atoms. The van der Waals surface area contributed by atoms with Crippen molar-refractivity contribution in [2.24, 2.45) is 10.9 Å². The summed E-state index contributed by atoms with van der Waals surface area (Å²) in [7, 11) is 3.62. The summed E-state index contributed by atoms with van der Waals surface area (Å²) in [5.74, 6) is -0.372. The maximum Gasteiger partial charge on any atom is 0.287 e. The minimum atomic E-state index is -0.981. The van der Waals surface area contributed by atoms with E-state index in [0.29, 0.717) is 12.4 Å². The van der Waals surface area contributed by atoms with E-state index in [1.807, 2.05) is 14.1 Å². The summed E-state index contributed by atoms with van der Waals surface area (Å²) in [6, 6.07) is 0.0369. The number of ether oxygens (including phenoxy) is 1. The molecular formula is C11H20N2O4. The van der Waals surface area contributed by atoms with E-state index in [2.05, 4.69) is 4.99 Å². The second-order valence-corrected chi connectivity index (χ2v) is 5.07. The highest BCUT2D eigenvalue weighted by atomic mass is 16.5. The highest BCUT2D eigenvalue weighted by Crippen LogP contribution is 2.34. The van der Waals surface area contributed by atoms with Crippen LogP contribution in [-0.4, -0.2) is 70.8 Å². The Kier molecular flexibility index (Phi) is 3.29. The molecule has 6 nitrogen and oxygen atoms in total. The van der Waals surface area contributed by atoms with E-state index >= 15 is 0 Å². The number of nitrogens with zero attached hydrogens (tertiary/aromatic N) is 2. The summed E-state index contributed by atoms with van der Waals surface area (Å²) in [6.07, 6.45) is -2.37. The van der Waals surface area contributed by atoms with Crippen LogP contribution in [0.2, 0.25) is 0 Å². The summed E-state index contributed by atoms with van der Waals surface area (Å²) in [4.78, 5) is 5.99. The summed E-state index contributed by atoms with van der Waals surface area (Å²) in [5, 5.41) is 29.5. The van der Waals surface area contributed by atoms with Crippen LogP contribution in [0, 0.1) is 5.92 Å². The minimum Gasteiger partial charge on any atom is -0.459 e. The molecule has 0 unspecified atom stereocenters. The number of hydrogen-bond acceptors (Lipinski definition) is 6. The molecule has 1 heterocycles. The van der Waals surface area contributed by atoms with Gasteiger partial charge in [0.05, 0.1) is 12.2 Å². The molecule has 0 amide bonds. The van der Waals surface area contributed by atoms with Gasteiger partial charge in [0.15, 0.2) is 0 Å². The molecule has 6 atom stereocenters. The van der Waals surface area contributed by atoms with E-state index in [-0.39, 0.29) is 12.0 Å². The van der Waals surface area contributed by atoms with Gasteiger partial charge in [-0.15, -0.1) is 0 Å². The van der Waals surface area contributed by atoms with Crippen LogP contribution in [0.5, 0.6) is 0 Å². The highest BCUT2D eigenvalue weighted by Gasteiger charge is 2.49. The van der Waals surface area contributed by atoms with Crippen molar-refractivity contribution in [3.63, 3.8) is 0 Å². The van der Waals surface area contributed by atoms with Gasteiger partial charge in [0.2, 0.25) is 0 Å². The number of rotatable bonds is 1. The van der Waals surface area contributed by atoms with Gasteiger partial charge in [0.25, 0.3) is 6.02 Å². The maximum absolute atomic E-state index is 10.0. The van der Waals surface area contributed by atoms with E-state index < -0.39 is 24.4 Å².